The molecule has 1 unspecified atom stereocenters. The van der Waals surface area contributed by atoms with Crippen molar-refractivity contribution in [2.45, 2.75) is 41.6 Å². The molecule has 0 heterocycles. The lowest BCUT2D eigenvalue weighted by atomic mass is 10.1. The zero-order chi connectivity index (χ0) is 13.6. The van der Waals surface area contributed by atoms with Crippen molar-refractivity contribution in [1.29, 1.82) is 0 Å². The zero-order valence-electron chi connectivity index (χ0n) is 9.88. The summed E-state index contributed by atoms with van der Waals surface area (Å²) in [6.07, 6.45) is -2.11. The molecule has 0 amide bonds. The summed E-state index contributed by atoms with van der Waals surface area (Å²) in [6, 6.07) is 4.57. The van der Waals surface area contributed by atoms with Crippen LogP contribution >= 0.6 is 0 Å². The number of aliphatic hydroxyl groups excluding tert-OH is 2. The minimum Gasteiger partial charge on any atom is -0.390 e. The molecule has 0 spiro atoms. The lowest BCUT2D eigenvalue weighted by Gasteiger charge is -2.23. The number of hydrogen-bond acceptors (Lipinski definition) is 4. The molecule has 1 aromatic carbocycles. The maximum Gasteiger partial charge on any atom is 0.183 e. The molecule has 0 aliphatic heterocycles. The van der Waals surface area contributed by atoms with E-state index in [1.807, 2.05) is 0 Å². The third kappa shape index (κ3) is 2.04. The van der Waals surface area contributed by atoms with Crippen molar-refractivity contribution in [1.82, 2.24) is 0 Å². The van der Waals surface area contributed by atoms with Crippen molar-refractivity contribution in [2.75, 3.05) is 0 Å². The second kappa shape index (κ2) is 4.29. The Morgan fingerprint density at radius 2 is 1.61 bits per heavy atom. The molecule has 2 N–H and O–H groups in total. The van der Waals surface area contributed by atoms with Gasteiger partial charge in [-0.15, -0.1) is 0 Å². The smallest absolute Gasteiger partial charge is 0.183 e. The first-order valence-electron chi connectivity index (χ1n) is 5.63. The summed E-state index contributed by atoms with van der Waals surface area (Å²) >= 11 is 0. The standard InChI is InChI=1S/C12H15FO4S/c1-12(6-10(14)11(15)7-12)18(16,17)9-4-2-8(13)3-5-9/h2-5,10-11,14-15H,6-7H2,1H3/t10-,11+,12?. The molecule has 1 aromatic rings. The van der Waals surface area contributed by atoms with Crippen molar-refractivity contribution in [2.24, 2.45) is 0 Å². The van der Waals surface area contributed by atoms with Crippen LogP contribution in [0.4, 0.5) is 4.39 Å². The molecule has 3 atom stereocenters. The molecule has 1 fully saturated rings. The van der Waals surface area contributed by atoms with Crippen LogP contribution in [0, 0.1) is 5.82 Å². The van der Waals surface area contributed by atoms with Gasteiger partial charge in [-0.2, -0.15) is 0 Å². The average molecular weight is 274 g/mol. The summed E-state index contributed by atoms with van der Waals surface area (Å²) < 4.78 is 36.4. The highest BCUT2D eigenvalue weighted by atomic mass is 32.2. The number of aliphatic hydroxyl groups is 2. The molecular weight excluding hydrogens is 259 g/mol. The van der Waals surface area contributed by atoms with Gasteiger partial charge in [0.1, 0.15) is 5.82 Å². The van der Waals surface area contributed by atoms with Crippen LogP contribution in [-0.4, -0.2) is 35.6 Å². The summed E-state index contributed by atoms with van der Waals surface area (Å²) in [7, 11) is -3.71. The van der Waals surface area contributed by atoms with E-state index in [2.05, 4.69) is 0 Å². The third-order valence-electron chi connectivity index (χ3n) is 3.50. The maximum absolute atomic E-state index is 12.8. The van der Waals surface area contributed by atoms with Crippen molar-refractivity contribution in [3.63, 3.8) is 0 Å². The van der Waals surface area contributed by atoms with Crippen molar-refractivity contribution < 1.29 is 23.0 Å². The first-order chi connectivity index (χ1) is 8.26. The van der Waals surface area contributed by atoms with Gasteiger partial charge in [0.25, 0.3) is 0 Å². The highest BCUT2D eigenvalue weighted by Crippen LogP contribution is 2.40. The van der Waals surface area contributed by atoms with E-state index < -0.39 is 32.6 Å². The number of sulfone groups is 1. The van der Waals surface area contributed by atoms with E-state index in [-0.39, 0.29) is 17.7 Å². The van der Waals surface area contributed by atoms with E-state index in [1.54, 1.807) is 0 Å². The molecule has 1 aliphatic carbocycles. The SMILES string of the molecule is CC1(S(=O)(=O)c2ccc(F)cc2)C[C@@H](O)[C@@H](O)C1. The van der Waals surface area contributed by atoms with E-state index in [1.165, 1.54) is 19.1 Å². The number of halogens is 1. The van der Waals surface area contributed by atoms with E-state index in [0.29, 0.717) is 0 Å². The van der Waals surface area contributed by atoms with Crippen LogP contribution in [-0.2, 0) is 9.84 Å². The van der Waals surface area contributed by atoms with Gasteiger partial charge in [-0.05, 0) is 44.0 Å². The Balaban J connectivity index is 2.40. The molecule has 1 aliphatic rings. The van der Waals surface area contributed by atoms with Crippen LogP contribution < -0.4 is 0 Å². The summed E-state index contributed by atoms with van der Waals surface area (Å²) in [5, 5.41) is 19.0. The molecule has 0 radical (unpaired) electrons. The Labute approximate surface area is 105 Å². The molecule has 0 aromatic heterocycles. The maximum atomic E-state index is 12.8. The molecule has 0 saturated heterocycles. The van der Waals surface area contributed by atoms with Gasteiger partial charge in [0.05, 0.1) is 21.9 Å². The monoisotopic (exact) mass is 274 g/mol. The Hall–Kier alpha value is -0.980. The van der Waals surface area contributed by atoms with Gasteiger partial charge in [-0.3, -0.25) is 0 Å². The predicted octanol–water partition coefficient (Wildman–Crippen LogP) is 0.874. The molecule has 1 saturated carbocycles. The minimum atomic E-state index is -3.71. The van der Waals surface area contributed by atoms with Crippen LogP contribution in [0.3, 0.4) is 0 Å². The van der Waals surface area contributed by atoms with Crippen molar-refractivity contribution >= 4 is 9.84 Å². The minimum absolute atomic E-state index is 0.00713. The summed E-state index contributed by atoms with van der Waals surface area (Å²) in [5.41, 5.74) is 0. The van der Waals surface area contributed by atoms with Gasteiger partial charge < -0.3 is 10.2 Å². The Kier molecular flexibility index (Phi) is 3.21. The fourth-order valence-electron chi connectivity index (χ4n) is 2.36. The van der Waals surface area contributed by atoms with E-state index in [0.717, 1.165) is 12.1 Å². The Bertz CT molecular complexity index is 528. The van der Waals surface area contributed by atoms with Crippen LogP contribution in [0.25, 0.3) is 0 Å². The molecule has 6 heteroatoms. The van der Waals surface area contributed by atoms with Gasteiger partial charge >= 0.3 is 0 Å². The van der Waals surface area contributed by atoms with Gasteiger partial charge in [-0.1, -0.05) is 0 Å². The van der Waals surface area contributed by atoms with Crippen molar-refractivity contribution in [3.8, 4) is 0 Å². The Morgan fingerprint density at radius 3 is 2.06 bits per heavy atom. The first kappa shape index (κ1) is 13.5. The number of benzene rings is 1. The van der Waals surface area contributed by atoms with E-state index in [9.17, 15) is 23.0 Å². The Morgan fingerprint density at radius 1 is 1.17 bits per heavy atom. The zero-order valence-corrected chi connectivity index (χ0v) is 10.7. The fraction of sp³-hybridized carbons (Fsp3) is 0.500. The van der Waals surface area contributed by atoms with Crippen LogP contribution in [0.1, 0.15) is 19.8 Å². The number of hydrogen-bond donors (Lipinski definition) is 2. The highest BCUT2D eigenvalue weighted by Gasteiger charge is 2.50. The second-order valence-electron chi connectivity index (χ2n) is 4.95. The average Bonchev–Trinajstić information content (AvgIpc) is 2.55. The van der Waals surface area contributed by atoms with Crippen molar-refractivity contribution in [3.05, 3.63) is 30.1 Å². The largest absolute Gasteiger partial charge is 0.390 e. The van der Waals surface area contributed by atoms with Crippen LogP contribution in [0.2, 0.25) is 0 Å². The van der Waals surface area contributed by atoms with E-state index in [4.69, 9.17) is 0 Å². The van der Waals surface area contributed by atoms with Gasteiger partial charge in [0.2, 0.25) is 0 Å². The lowest BCUT2D eigenvalue weighted by Crippen LogP contribution is -2.33. The highest BCUT2D eigenvalue weighted by molar-refractivity contribution is 7.92. The topological polar surface area (TPSA) is 74.6 Å². The molecular formula is C12H15FO4S. The quantitative estimate of drug-likeness (QED) is 0.785. The normalized spacial score (nSPS) is 32.7. The molecule has 0 bridgehead atoms. The molecule has 2 rings (SSSR count). The second-order valence-corrected chi connectivity index (χ2v) is 7.41. The predicted molar refractivity (Wildman–Crippen MR) is 63.2 cm³/mol. The van der Waals surface area contributed by atoms with Crippen LogP contribution in [0.15, 0.2) is 29.2 Å². The third-order valence-corrected chi connectivity index (χ3v) is 6.02. The first-order valence-corrected chi connectivity index (χ1v) is 7.11. The summed E-state index contributed by atoms with van der Waals surface area (Å²) in [5.74, 6) is -0.509. The van der Waals surface area contributed by atoms with Crippen LogP contribution in [0.5, 0.6) is 0 Å². The van der Waals surface area contributed by atoms with Gasteiger partial charge in [0.15, 0.2) is 9.84 Å². The fourth-order valence-corrected chi connectivity index (χ4v) is 4.20. The molecule has 100 valence electrons. The summed E-state index contributed by atoms with van der Waals surface area (Å²) in [6.45, 7) is 1.49. The molecule has 4 nitrogen and oxygen atoms in total. The van der Waals surface area contributed by atoms with Gasteiger partial charge in [0, 0.05) is 0 Å². The van der Waals surface area contributed by atoms with Gasteiger partial charge in [-0.25, -0.2) is 12.8 Å². The lowest BCUT2D eigenvalue weighted by molar-refractivity contribution is 0.0438. The van der Waals surface area contributed by atoms with E-state index >= 15 is 0 Å². The number of rotatable bonds is 2. The molecule has 18 heavy (non-hydrogen) atoms. The summed E-state index contributed by atoms with van der Waals surface area (Å²) in [4.78, 5) is 0.00713.